The van der Waals surface area contributed by atoms with Gasteiger partial charge in [0.2, 0.25) is 0 Å². The number of rotatable bonds is 3. The van der Waals surface area contributed by atoms with Gasteiger partial charge in [-0.1, -0.05) is 12.2 Å². The number of alkyl halides is 3. The van der Waals surface area contributed by atoms with Gasteiger partial charge in [0.1, 0.15) is 0 Å². The number of halogens is 3. The maximum absolute atomic E-state index is 13.0. The Bertz CT molecular complexity index is 1010. The molecule has 0 amide bonds. The Hall–Kier alpha value is -2.67. The molecule has 0 spiro atoms. The highest BCUT2D eigenvalue weighted by molar-refractivity contribution is 7.89. The summed E-state index contributed by atoms with van der Waals surface area (Å²) < 4.78 is 52.8. The van der Waals surface area contributed by atoms with Crippen LogP contribution in [0.4, 0.5) is 13.2 Å². The van der Waals surface area contributed by atoms with Gasteiger partial charge in [-0.05, 0) is 60.4 Å². The molecule has 1 aromatic heterocycles. The van der Waals surface area contributed by atoms with E-state index >= 15 is 0 Å². The molecule has 5 nitrogen and oxygen atoms in total. The summed E-state index contributed by atoms with van der Waals surface area (Å²) >= 11 is -1.36. The first kappa shape index (κ1) is 19.6. The minimum absolute atomic E-state index is 0.0300. The second-order valence-corrected chi connectivity index (χ2v) is 8.15. The molecule has 0 bridgehead atoms. The highest BCUT2D eigenvalue weighted by atomic mass is 32.2. The number of benzene rings is 1. The third kappa shape index (κ3) is 3.92. The lowest BCUT2D eigenvalue weighted by Gasteiger charge is -2.27. The number of hydrogen-bond donors (Lipinski definition) is 0. The Morgan fingerprint density at radius 1 is 1.14 bits per heavy atom. The summed E-state index contributed by atoms with van der Waals surface area (Å²) in [5, 5.41) is 15.9. The van der Waals surface area contributed by atoms with Gasteiger partial charge in [0.25, 0.3) is 0 Å². The Kier molecular flexibility index (Phi) is 5.17. The van der Waals surface area contributed by atoms with Crippen molar-refractivity contribution in [2.24, 2.45) is 0 Å². The van der Waals surface area contributed by atoms with Gasteiger partial charge in [-0.15, -0.1) is 14.5 Å². The molecule has 2 aromatic rings. The Balaban J connectivity index is 1.50. The van der Waals surface area contributed by atoms with Gasteiger partial charge < -0.3 is 4.55 Å². The number of nitrogens with zero attached hydrogens (tertiary/aromatic N) is 4. The van der Waals surface area contributed by atoms with E-state index in [0.29, 0.717) is 29.1 Å². The van der Waals surface area contributed by atoms with Crippen LogP contribution in [0.3, 0.4) is 0 Å². The zero-order valence-electron chi connectivity index (χ0n) is 15.1. The van der Waals surface area contributed by atoms with E-state index in [2.05, 4.69) is 10.2 Å². The van der Waals surface area contributed by atoms with Crippen LogP contribution in [-0.4, -0.2) is 31.6 Å². The molecule has 1 aliphatic heterocycles. The average Bonchev–Trinajstić information content (AvgIpc) is 3.16. The Labute approximate surface area is 168 Å². The molecule has 0 radical (unpaired) electrons. The molecule has 2 atom stereocenters. The summed E-state index contributed by atoms with van der Waals surface area (Å²) in [6.07, 6.45) is 0.586. The molecule has 1 saturated heterocycles. The first-order valence-electron chi connectivity index (χ1n) is 8.87. The lowest BCUT2D eigenvalue weighted by Crippen LogP contribution is -2.36. The van der Waals surface area contributed by atoms with Crippen molar-refractivity contribution in [1.29, 1.82) is 5.26 Å². The first-order chi connectivity index (χ1) is 13.9. The number of nitriles is 1. The van der Waals surface area contributed by atoms with E-state index in [1.54, 1.807) is 24.3 Å². The monoisotopic (exact) mass is 416 g/mol. The predicted octanol–water partition coefficient (Wildman–Crippen LogP) is 3.88. The second-order valence-electron chi connectivity index (χ2n) is 6.71. The van der Waals surface area contributed by atoms with Gasteiger partial charge in [-0.25, -0.2) is 0 Å². The van der Waals surface area contributed by atoms with Crippen LogP contribution in [0, 0.1) is 11.3 Å². The third-order valence-corrected chi connectivity index (χ3v) is 6.49. The minimum atomic E-state index is -4.52. The molecule has 29 heavy (non-hydrogen) atoms. The summed E-state index contributed by atoms with van der Waals surface area (Å²) in [4.78, 5) is 0.633. The van der Waals surface area contributed by atoms with Crippen LogP contribution in [-0.2, 0) is 17.5 Å². The van der Waals surface area contributed by atoms with Crippen LogP contribution in [0.2, 0.25) is 0 Å². The number of fused-ring (bicyclic) bond motifs is 1. The van der Waals surface area contributed by atoms with Gasteiger partial charge in [-0.3, -0.25) is 0 Å². The maximum atomic E-state index is 13.0. The molecule has 2 aliphatic rings. The van der Waals surface area contributed by atoms with Crippen LogP contribution in [0.1, 0.15) is 29.8 Å². The van der Waals surface area contributed by atoms with E-state index in [1.807, 2.05) is 22.5 Å². The molecule has 148 valence electrons. The highest BCUT2D eigenvalue weighted by Gasteiger charge is 2.39. The minimum Gasteiger partial charge on any atom is -0.593 e. The van der Waals surface area contributed by atoms with Crippen LogP contribution in [0.25, 0.3) is 5.57 Å². The fourth-order valence-electron chi connectivity index (χ4n) is 3.48. The summed E-state index contributed by atoms with van der Waals surface area (Å²) in [6, 6.07) is 10.9. The average molecular weight is 416 g/mol. The number of aromatic nitrogens is 2. The zero-order chi connectivity index (χ0) is 20.6. The normalized spacial score (nSPS) is 20.4. The van der Waals surface area contributed by atoms with Crippen molar-refractivity contribution < 1.29 is 17.7 Å². The number of allylic oxidation sites excluding steroid dienone is 2. The van der Waals surface area contributed by atoms with E-state index < -0.39 is 23.2 Å². The molecule has 9 heteroatoms. The van der Waals surface area contributed by atoms with Gasteiger partial charge in [0.15, 0.2) is 10.6 Å². The predicted molar refractivity (Wildman–Crippen MR) is 100 cm³/mol. The van der Waals surface area contributed by atoms with E-state index in [0.717, 1.165) is 23.6 Å². The molecule has 1 aromatic carbocycles. The molecular weight excluding hydrogens is 401 g/mol. The SMILES string of the molecule is N#Cc1ccc([S+]([O-])N2CCC3=CC(c4ccc(C(F)(F)F)nn4)=CCC32)cc1. The molecule has 2 unspecified atom stereocenters. The van der Waals surface area contributed by atoms with Crippen LogP contribution in [0.5, 0.6) is 0 Å². The molecular formula is C20H15F3N4OS. The van der Waals surface area contributed by atoms with Crippen molar-refractivity contribution in [3.05, 3.63) is 71.1 Å². The largest absolute Gasteiger partial charge is 0.593 e. The van der Waals surface area contributed by atoms with Gasteiger partial charge in [-0.2, -0.15) is 18.4 Å². The highest BCUT2D eigenvalue weighted by Crippen LogP contribution is 2.37. The van der Waals surface area contributed by atoms with Crippen LogP contribution >= 0.6 is 0 Å². The van der Waals surface area contributed by atoms with Crippen molar-refractivity contribution in [2.45, 2.75) is 30.0 Å². The van der Waals surface area contributed by atoms with E-state index in [4.69, 9.17) is 5.26 Å². The fourth-order valence-corrected chi connectivity index (χ4v) is 4.83. The Morgan fingerprint density at radius 2 is 1.90 bits per heavy atom. The smallest absolute Gasteiger partial charge is 0.435 e. The summed E-state index contributed by atoms with van der Waals surface area (Å²) in [6.45, 7) is 0.614. The van der Waals surface area contributed by atoms with Crippen molar-refractivity contribution in [3.8, 4) is 6.07 Å². The van der Waals surface area contributed by atoms with Crippen LogP contribution in [0.15, 0.2) is 59.0 Å². The van der Waals surface area contributed by atoms with Crippen LogP contribution < -0.4 is 0 Å². The molecule has 4 rings (SSSR count). The summed E-state index contributed by atoms with van der Waals surface area (Å²) in [7, 11) is 0. The van der Waals surface area contributed by atoms with Gasteiger partial charge >= 0.3 is 6.18 Å². The summed E-state index contributed by atoms with van der Waals surface area (Å²) in [5.41, 5.74) is 1.67. The topological polar surface area (TPSA) is 75.9 Å². The summed E-state index contributed by atoms with van der Waals surface area (Å²) in [5.74, 6) is 0. The quantitative estimate of drug-likeness (QED) is 0.710. The zero-order valence-corrected chi connectivity index (χ0v) is 15.9. The molecule has 0 N–H and O–H groups in total. The third-order valence-electron chi connectivity index (χ3n) is 4.95. The molecule has 2 heterocycles. The lowest BCUT2D eigenvalue weighted by atomic mass is 9.94. The van der Waals surface area contributed by atoms with Crippen molar-refractivity contribution in [2.75, 3.05) is 6.54 Å². The van der Waals surface area contributed by atoms with E-state index in [9.17, 15) is 17.7 Å². The van der Waals surface area contributed by atoms with Crippen molar-refractivity contribution >= 4 is 16.9 Å². The lowest BCUT2D eigenvalue weighted by molar-refractivity contribution is -0.141. The van der Waals surface area contributed by atoms with Crippen molar-refractivity contribution in [1.82, 2.24) is 14.5 Å². The molecule has 0 saturated carbocycles. The fraction of sp³-hybridized carbons (Fsp3) is 0.250. The first-order valence-corrected chi connectivity index (χ1v) is 9.98. The molecule has 1 fully saturated rings. The molecule has 1 aliphatic carbocycles. The second kappa shape index (κ2) is 7.63. The maximum Gasteiger partial charge on any atom is 0.435 e. The van der Waals surface area contributed by atoms with E-state index in [-0.39, 0.29) is 6.04 Å². The number of hydrogen-bond acceptors (Lipinski definition) is 5. The standard InChI is InChI=1S/C20H15F3N4OS/c21-20(22,23)19-8-6-17(25-26-19)14-3-7-18-15(11-14)9-10-27(18)29(28)16-4-1-13(12-24)2-5-16/h1-6,8,11,18H,7,9-10H2. The van der Waals surface area contributed by atoms with Gasteiger partial charge in [0, 0.05) is 6.54 Å². The van der Waals surface area contributed by atoms with Crippen molar-refractivity contribution in [3.63, 3.8) is 0 Å². The van der Waals surface area contributed by atoms with E-state index in [1.165, 1.54) is 6.07 Å². The Morgan fingerprint density at radius 3 is 2.52 bits per heavy atom. The van der Waals surface area contributed by atoms with Gasteiger partial charge in [0.05, 0.1) is 34.7 Å².